The number of hydrogen-bond donors (Lipinski definition) is 1. The first kappa shape index (κ1) is 9.65. The summed E-state index contributed by atoms with van der Waals surface area (Å²) >= 11 is 3.45. The van der Waals surface area contributed by atoms with Crippen molar-refractivity contribution in [2.45, 2.75) is 26.7 Å². The molecule has 1 N–H and O–H groups in total. The monoisotopic (exact) mass is 253 g/mol. The Morgan fingerprint density at radius 3 is 2.71 bits per heavy atom. The summed E-state index contributed by atoms with van der Waals surface area (Å²) in [7, 11) is 0. The topological polar surface area (TPSA) is 41.6 Å². The number of H-pyrrole nitrogens is 1. The van der Waals surface area contributed by atoms with Crippen LogP contribution in [0.2, 0.25) is 0 Å². The Bertz CT molecular complexity index is 434. The highest BCUT2D eigenvalue weighted by atomic mass is 79.9. The van der Waals surface area contributed by atoms with Crippen LogP contribution in [-0.4, -0.2) is 15.0 Å². The van der Waals surface area contributed by atoms with Crippen LogP contribution in [0.3, 0.4) is 0 Å². The van der Waals surface area contributed by atoms with Gasteiger partial charge in [-0.2, -0.15) is 0 Å². The van der Waals surface area contributed by atoms with Crippen molar-refractivity contribution in [3.05, 3.63) is 22.1 Å². The van der Waals surface area contributed by atoms with Gasteiger partial charge in [-0.1, -0.05) is 13.8 Å². The third-order valence-electron chi connectivity index (χ3n) is 2.17. The molecule has 0 aliphatic heterocycles. The second-order valence-corrected chi connectivity index (χ2v) is 4.56. The second-order valence-electron chi connectivity index (χ2n) is 3.70. The fourth-order valence-electron chi connectivity index (χ4n) is 1.30. The molecule has 14 heavy (non-hydrogen) atoms. The summed E-state index contributed by atoms with van der Waals surface area (Å²) in [5.74, 6) is 1.40. The van der Waals surface area contributed by atoms with Gasteiger partial charge in [-0.25, -0.2) is 9.97 Å². The quantitative estimate of drug-likeness (QED) is 0.849. The van der Waals surface area contributed by atoms with E-state index in [0.717, 1.165) is 27.2 Å². The number of aryl methyl sites for hydroxylation is 1. The normalized spacial score (nSPS) is 11.5. The van der Waals surface area contributed by atoms with Gasteiger partial charge in [-0.05, 0) is 28.9 Å². The molecule has 3 nitrogen and oxygen atoms in total. The molecule has 0 saturated carbocycles. The van der Waals surface area contributed by atoms with Crippen LogP contribution < -0.4 is 0 Å². The van der Waals surface area contributed by atoms with E-state index in [-0.39, 0.29) is 0 Å². The molecule has 2 aromatic heterocycles. The van der Waals surface area contributed by atoms with E-state index in [1.54, 1.807) is 0 Å². The fourth-order valence-corrected chi connectivity index (χ4v) is 1.62. The highest BCUT2D eigenvalue weighted by Gasteiger charge is 2.08. The lowest BCUT2D eigenvalue weighted by Gasteiger charge is -1.95. The molecule has 0 bridgehead atoms. The van der Waals surface area contributed by atoms with Crippen LogP contribution in [0.5, 0.6) is 0 Å². The van der Waals surface area contributed by atoms with Gasteiger partial charge >= 0.3 is 0 Å². The van der Waals surface area contributed by atoms with Crippen LogP contribution in [0.25, 0.3) is 11.2 Å². The van der Waals surface area contributed by atoms with Crippen LogP contribution >= 0.6 is 15.9 Å². The molecule has 74 valence electrons. The van der Waals surface area contributed by atoms with Crippen molar-refractivity contribution in [1.29, 1.82) is 0 Å². The van der Waals surface area contributed by atoms with E-state index < -0.39 is 0 Å². The fraction of sp³-hybridized carbons (Fsp3) is 0.400. The molecule has 2 rings (SSSR count). The van der Waals surface area contributed by atoms with Crippen LogP contribution in [-0.2, 0) is 0 Å². The van der Waals surface area contributed by atoms with Crippen LogP contribution in [0, 0.1) is 6.92 Å². The van der Waals surface area contributed by atoms with E-state index in [1.807, 2.05) is 13.0 Å². The average molecular weight is 254 g/mol. The molecule has 0 radical (unpaired) electrons. The number of rotatable bonds is 1. The minimum Gasteiger partial charge on any atom is -0.340 e. The third-order valence-corrected chi connectivity index (χ3v) is 2.97. The zero-order chi connectivity index (χ0) is 10.3. The van der Waals surface area contributed by atoms with Crippen molar-refractivity contribution in [1.82, 2.24) is 15.0 Å². The molecule has 0 amide bonds. The number of halogens is 1. The van der Waals surface area contributed by atoms with E-state index in [1.165, 1.54) is 0 Å². The Hall–Kier alpha value is -0.900. The number of pyridine rings is 1. The van der Waals surface area contributed by atoms with Crippen molar-refractivity contribution in [3.8, 4) is 0 Å². The molecule has 0 aromatic carbocycles. The summed E-state index contributed by atoms with van der Waals surface area (Å²) < 4.78 is 1.02. The van der Waals surface area contributed by atoms with Crippen LogP contribution in [0.4, 0.5) is 0 Å². The standard InChI is InChI=1S/C10H12BrN3/c1-5(2)9-13-8-4-7(11)6(3)12-10(8)14-9/h4-5H,1-3H3,(H,12,13,14). The predicted octanol–water partition coefficient (Wildman–Crippen LogP) is 3.15. The van der Waals surface area contributed by atoms with Gasteiger partial charge in [-0.3, -0.25) is 0 Å². The Kier molecular flexibility index (Phi) is 2.31. The molecule has 2 heterocycles. The summed E-state index contributed by atoms with van der Waals surface area (Å²) in [4.78, 5) is 12.1. The maximum absolute atomic E-state index is 4.43. The number of nitrogens with zero attached hydrogens (tertiary/aromatic N) is 2. The van der Waals surface area contributed by atoms with Crippen molar-refractivity contribution < 1.29 is 0 Å². The molecule has 4 heteroatoms. The molecule has 0 atom stereocenters. The zero-order valence-corrected chi connectivity index (χ0v) is 10.0. The molecule has 2 aromatic rings. The Balaban J connectivity index is 2.66. The number of nitrogens with one attached hydrogen (secondary N) is 1. The lowest BCUT2D eigenvalue weighted by molar-refractivity contribution is 0.798. The second kappa shape index (κ2) is 3.35. The van der Waals surface area contributed by atoms with Gasteiger partial charge < -0.3 is 4.98 Å². The number of hydrogen-bond acceptors (Lipinski definition) is 2. The molecule has 0 aliphatic rings. The summed E-state index contributed by atoms with van der Waals surface area (Å²) in [5, 5.41) is 0. The van der Waals surface area contributed by atoms with Gasteiger partial charge in [0.25, 0.3) is 0 Å². The Labute approximate surface area is 91.1 Å². The summed E-state index contributed by atoms with van der Waals surface area (Å²) in [6.07, 6.45) is 0. The van der Waals surface area contributed by atoms with Crippen molar-refractivity contribution in [2.75, 3.05) is 0 Å². The first-order valence-electron chi connectivity index (χ1n) is 4.60. The number of aromatic nitrogens is 3. The summed E-state index contributed by atoms with van der Waals surface area (Å²) in [6.45, 7) is 6.19. The average Bonchev–Trinajstić information content (AvgIpc) is 2.48. The van der Waals surface area contributed by atoms with Crippen LogP contribution in [0.15, 0.2) is 10.5 Å². The largest absolute Gasteiger partial charge is 0.340 e. The lowest BCUT2D eigenvalue weighted by Crippen LogP contribution is -1.88. The summed E-state index contributed by atoms with van der Waals surface area (Å²) in [5.41, 5.74) is 2.76. The van der Waals surface area contributed by atoms with E-state index in [0.29, 0.717) is 5.92 Å². The lowest BCUT2D eigenvalue weighted by atomic mass is 10.2. The van der Waals surface area contributed by atoms with E-state index in [9.17, 15) is 0 Å². The van der Waals surface area contributed by atoms with Crippen molar-refractivity contribution in [2.24, 2.45) is 0 Å². The Morgan fingerprint density at radius 1 is 1.36 bits per heavy atom. The predicted molar refractivity (Wildman–Crippen MR) is 60.4 cm³/mol. The van der Waals surface area contributed by atoms with Crippen LogP contribution in [0.1, 0.15) is 31.3 Å². The van der Waals surface area contributed by atoms with E-state index in [4.69, 9.17) is 0 Å². The zero-order valence-electron chi connectivity index (χ0n) is 8.43. The molecular formula is C10H12BrN3. The molecule has 0 fully saturated rings. The Morgan fingerprint density at radius 2 is 2.07 bits per heavy atom. The van der Waals surface area contributed by atoms with Gasteiger partial charge in [0.15, 0.2) is 5.65 Å². The highest BCUT2D eigenvalue weighted by molar-refractivity contribution is 9.10. The van der Waals surface area contributed by atoms with Gasteiger partial charge in [0.2, 0.25) is 0 Å². The van der Waals surface area contributed by atoms with Gasteiger partial charge in [0, 0.05) is 10.4 Å². The SMILES string of the molecule is Cc1nc2nc(C(C)C)[nH]c2cc1Br. The number of fused-ring (bicyclic) bond motifs is 1. The van der Waals surface area contributed by atoms with Gasteiger partial charge in [-0.15, -0.1) is 0 Å². The smallest absolute Gasteiger partial charge is 0.178 e. The molecule has 0 saturated heterocycles. The van der Waals surface area contributed by atoms with Crippen molar-refractivity contribution >= 4 is 27.1 Å². The third kappa shape index (κ3) is 1.54. The number of imidazole rings is 1. The minimum atomic E-state index is 0.406. The molecule has 0 aliphatic carbocycles. The summed E-state index contributed by atoms with van der Waals surface area (Å²) in [6, 6.07) is 2.02. The number of aromatic amines is 1. The minimum absolute atomic E-state index is 0.406. The molecule has 0 spiro atoms. The molecular weight excluding hydrogens is 242 g/mol. The van der Waals surface area contributed by atoms with Gasteiger partial charge in [0.1, 0.15) is 5.82 Å². The first-order chi connectivity index (χ1) is 6.58. The highest BCUT2D eigenvalue weighted by Crippen LogP contribution is 2.21. The maximum Gasteiger partial charge on any atom is 0.178 e. The van der Waals surface area contributed by atoms with Gasteiger partial charge in [0.05, 0.1) is 11.2 Å². The first-order valence-corrected chi connectivity index (χ1v) is 5.40. The van der Waals surface area contributed by atoms with E-state index in [2.05, 4.69) is 44.7 Å². The van der Waals surface area contributed by atoms with E-state index >= 15 is 0 Å². The maximum atomic E-state index is 4.43. The molecule has 0 unspecified atom stereocenters. The van der Waals surface area contributed by atoms with Crippen molar-refractivity contribution in [3.63, 3.8) is 0 Å².